The van der Waals surface area contributed by atoms with Crippen molar-refractivity contribution >= 4 is 11.4 Å². The molecule has 7 heteroatoms. The number of hydrogen-bond acceptors (Lipinski definition) is 6. The predicted molar refractivity (Wildman–Crippen MR) is 135 cm³/mol. The van der Waals surface area contributed by atoms with Crippen molar-refractivity contribution in [2.45, 2.75) is 53.1 Å². The number of carbonyl (C=O) groups is 1. The van der Waals surface area contributed by atoms with Crippen LogP contribution in [0.25, 0.3) is 5.65 Å². The first kappa shape index (κ1) is 22.5. The molecule has 182 valence electrons. The normalized spacial score (nSPS) is 18.6. The number of aromatic nitrogens is 4. The number of hydrogen-bond donors (Lipinski definition) is 0. The number of para-hydroxylation sites is 1. The van der Waals surface area contributed by atoms with Crippen molar-refractivity contribution in [1.82, 2.24) is 19.6 Å². The fraction of sp³-hybridized carbons (Fsp3) is 0.310. The zero-order valence-electron chi connectivity index (χ0n) is 20.9. The van der Waals surface area contributed by atoms with Crippen molar-refractivity contribution in [3.05, 3.63) is 94.3 Å². The molecule has 0 fully saturated rings. The van der Waals surface area contributed by atoms with Crippen LogP contribution >= 0.6 is 0 Å². The minimum absolute atomic E-state index is 0.112. The van der Waals surface area contributed by atoms with Gasteiger partial charge in [0, 0.05) is 24.3 Å². The Bertz CT molecular complexity index is 1510. The molecule has 7 nitrogen and oxygen atoms in total. The van der Waals surface area contributed by atoms with Gasteiger partial charge in [-0.1, -0.05) is 62.4 Å². The van der Waals surface area contributed by atoms with Gasteiger partial charge in [0.15, 0.2) is 17.3 Å². The quantitative estimate of drug-likeness (QED) is 0.384. The summed E-state index contributed by atoms with van der Waals surface area (Å²) in [4.78, 5) is 22.9. The molecule has 0 unspecified atom stereocenters. The van der Waals surface area contributed by atoms with E-state index in [2.05, 4.69) is 23.9 Å². The van der Waals surface area contributed by atoms with E-state index in [1.165, 1.54) is 0 Å². The van der Waals surface area contributed by atoms with E-state index in [-0.39, 0.29) is 23.7 Å². The second-order valence-corrected chi connectivity index (χ2v) is 10.5. The second kappa shape index (κ2) is 8.29. The Hall–Kier alpha value is -4.00. The summed E-state index contributed by atoms with van der Waals surface area (Å²) in [5, 5.41) is 4.63. The van der Waals surface area contributed by atoms with Gasteiger partial charge in [-0.2, -0.15) is 0 Å². The number of benzene rings is 2. The van der Waals surface area contributed by atoms with E-state index in [1.807, 2.05) is 62.4 Å². The number of carbonyl (C=O) groups excluding carboxylic acids is 1. The maximum absolute atomic E-state index is 13.5. The lowest BCUT2D eigenvalue weighted by molar-refractivity contribution is -0.118. The Kier molecular flexibility index (Phi) is 5.18. The maximum Gasteiger partial charge on any atom is 0.228 e. The Morgan fingerprint density at radius 2 is 1.81 bits per heavy atom. The van der Waals surface area contributed by atoms with Gasteiger partial charge in [0.05, 0.1) is 5.56 Å². The molecule has 0 amide bonds. The lowest BCUT2D eigenvalue weighted by Gasteiger charge is -2.37. The summed E-state index contributed by atoms with van der Waals surface area (Å²) in [5.74, 6) is 2.37. The maximum atomic E-state index is 13.5. The molecule has 1 aliphatic heterocycles. The van der Waals surface area contributed by atoms with Crippen molar-refractivity contribution in [1.29, 1.82) is 0 Å². The van der Waals surface area contributed by atoms with Crippen molar-refractivity contribution < 1.29 is 14.3 Å². The van der Waals surface area contributed by atoms with Crippen LogP contribution in [0.15, 0.2) is 66.2 Å². The minimum atomic E-state index is -0.318. The van der Waals surface area contributed by atoms with Gasteiger partial charge in [-0.05, 0) is 36.0 Å². The largest absolute Gasteiger partial charge is 0.485 e. The summed E-state index contributed by atoms with van der Waals surface area (Å²) in [6, 6.07) is 16.1. The third-order valence-electron chi connectivity index (χ3n) is 6.99. The summed E-state index contributed by atoms with van der Waals surface area (Å²) < 4.78 is 14.1. The minimum Gasteiger partial charge on any atom is -0.485 e. The van der Waals surface area contributed by atoms with E-state index in [0.29, 0.717) is 41.5 Å². The topological polar surface area (TPSA) is 78.6 Å². The summed E-state index contributed by atoms with van der Waals surface area (Å²) in [6.45, 7) is 8.47. The standard InChI is InChI=1S/C29H28N4O3/c1-17-9-8-10-18(2)26(17)35-15-22-31-27-25-23(19-11-6-5-7-12-19)24-20(34)13-29(3,4)14-21(24)36-28(25)30-16-33(27)32-22/h5-12,16,23H,13-15H2,1-4H3/t23-/m0/s1. The number of allylic oxidation sites excluding steroid dienone is 2. The zero-order chi connectivity index (χ0) is 25.0. The first-order valence-corrected chi connectivity index (χ1v) is 12.2. The van der Waals surface area contributed by atoms with Crippen LogP contribution in [0.3, 0.4) is 0 Å². The molecule has 1 aliphatic carbocycles. The van der Waals surface area contributed by atoms with E-state index in [9.17, 15) is 4.79 Å². The van der Waals surface area contributed by atoms with Crippen molar-refractivity contribution in [2.75, 3.05) is 0 Å². The second-order valence-electron chi connectivity index (χ2n) is 10.5. The van der Waals surface area contributed by atoms with Gasteiger partial charge in [0.2, 0.25) is 5.88 Å². The number of rotatable bonds is 4. The highest BCUT2D eigenvalue weighted by Crippen LogP contribution is 2.50. The molecular weight excluding hydrogens is 452 g/mol. The SMILES string of the molecule is Cc1cccc(C)c1OCc1nc2c3c(ncn2n1)OC1=C(C(=O)CC(C)(C)C1)[C@@H]3c1ccccc1. The first-order chi connectivity index (χ1) is 17.3. The van der Waals surface area contributed by atoms with E-state index in [4.69, 9.17) is 14.5 Å². The van der Waals surface area contributed by atoms with Crippen LogP contribution in [-0.4, -0.2) is 25.4 Å². The van der Waals surface area contributed by atoms with Gasteiger partial charge in [-0.25, -0.2) is 14.5 Å². The van der Waals surface area contributed by atoms with Crippen LogP contribution in [0.2, 0.25) is 0 Å². The van der Waals surface area contributed by atoms with Crippen molar-refractivity contribution in [2.24, 2.45) is 5.41 Å². The molecule has 4 aromatic rings. The first-order valence-electron chi connectivity index (χ1n) is 12.2. The van der Waals surface area contributed by atoms with Crippen LogP contribution in [-0.2, 0) is 11.4 Å². The molecule has 0 saturated carbocycles. The zero-order valence-corrected chi connectivity index (χ0v) is 20.9. The van der Waals surface area contributed by atoms with Crippen LogP contribution < -0.4 is 9.47 Å². The molecule has 2 aliphatic rings. The van der Waals surface area contributed by atoms with E-state index in [0.717, 1.165) is 28.0 Å². The van der Waals surface area contributed by atoms with Gasteiger partial charge in [-0.3, -0.25) is 4.79 Å². The van der Waals surface area contributed by atoms with Gasteiger partial charge in [0.25, 0.3) is 0 Å². The number of fused-ring (bicyclic) bond motifs is 3. The highest BCUT2D eigenvalue weighted by Gasteiger charge is 2.43. The van der Waals surface area contributed by atoms with Crippen LogP contribution in [0.5, 0.6) is 11.6 Å². The van der Waals surface area contributed by atoms with E-state index >= 15 is 0 Å². The molecule has 6 rings (SSSR count). The molecule has 0 bridgehead atoms. The molecule has 2 aromatic carbocycles. The molecule has 3 heterocycles. The molecule has 0 radical (unpaired) electrons. The molecule has 0 saturated heterocycles. The average Bonchev–Trinajstić information content (AvgIpc) is 3.25. The molecule has 2 aromatic heterocycles. The molecule has 0 N–H and O–H groups in total. The number of nitrogens with zero attached hydrogens (tertiary/aromatic N) is 4. The Balaban J connectivity index is 1.46. The molecule has 1 atom stereocenters. The van der Waals surface area contributed by atoms with Crippen molar-refractivity contribution in [3.63, 3.8) is 0 Å². The number of ether oxygens (including phenoxy) is 2. The molecule has 0 spiro atoms. The highest BCUT2D eigenvalue weighted by atomic mass is 16.5. The van der Waals surface area contributed by atoms with Gasteiger partial charge in [0.1, 0.15) is 24.4 Å². The van der Waals surface area contributed by atoms with Gasteiger partial charge in [-0.15, -0.1) is 5.10 Å². The molecule has 36 heavy (non-hydrogen) atoms. The van der Waals surface area contributed by atoms with Crippen LogP contribution in [0.4, 0.5) is 0 Å². The van der Waals surface area contributed by atoms with Gasteiger partial charge < -0.3 is 9.47 Å². The summed E-state index contributed by atoms with van der Waals surface area (Å²) in [6.07, 6.45) is 2.78. The number of ketones is 1. The van der Waals surface area contributed by atoms with E-state index in [1.54, 1.807) is 10.8 Å². The predicted octanol–water partition coefficient (Wildman–Crippen LogP) is 5.49. The molecular formula is C29H28N4O3. The monoisotopic (exact) mass is 480 g/mol. The highest BCUT2D eigenvalue weighted by molar-refractivity contribution is 6.00. The lowest BCUT2D eigenvalue weighted by atomic mass is 9.70. The smallest absolute Gasteiger partial charge is 0.228 e. The van der Waals surface area contributed by atoms with Crippen LogP contribution in [0, 0.1) is 19.3 Å². The fourth-order valence-electron chi connectivity index (χ4n) is 5.39. The lowest BCUT2D eigenvalue weighted by Crippen LogP contribution is -2.33. The Labute approximate surface area is 209 Å². The third kappa shape index (κ3) is 3.75. The summed E-state index contributed by atoms with van der Waals surface area (Å²) in [5.41, 5.74) is 5.07. The summed E-state index contributed by atoms with van der Waals surface area (Å²) >= 11 is 0. The Morgan fingerprint density at radius 3 is 2.56 bits per heavy atom. The third-order valence-corrected chi connectivity index (χ3v) is 6.99. The van der Waals surface area contributed by atoms with Crippen LogP contribution in [0.1, 0.15) is 60.7 Å². The van der Waals surface area contributed by atoms with Gasteiger partial charge >= 0.3 is 0 Å². The average molecular weight is 481 g/mol. The fourth-order valence-corrected chi connectivity index (χ4v) is 5.39. The summed E-state index contributed by atoms with van der Waals surface area (Å²) in [7, 11) is 0. The Morgan fingerprint density at radius 1 is 1.06 bits per heavy atom. The number of Topliss-reactive ketones (excluding diaryl/α,β-unsaturated/α-hetero) is 1. The van der Waals surface area contributed by atoms with Crippen molar-refractivity contribution in [3.8, 4) is 11.6 Å². The number of aryl methyl sites for hydroxylation is 2. The van der Waals surface area contributed by atoms with E-state index < -0.39 is 0 Å².